The Morgan fingerprint density at radius 2 is 2.08 bits per heavy atom. The molecule has 1 atom stereocenters. The maximum atomic E-state index is 11.1. The van der Waals surface area contributed by atoms with Crippen molar-refractivity contribution >= 4 is 17.7 Å². The molecule has 1 aliphatic heterocycles. The zero-order chi connectivity index (χ0) is 9.84. The van der Waals surface area contributed by atoms with Crippen molar-refractivity contribution in [3.63, 3.8) is 0 Å². The molecule has 0 saturated carbocycles. The summed E-state index contributed by atoms with van der Waals surface area (Å²) in [6.07, 6.45) is 1.54. The van der Waals surface area contributed by atoms with Crippen LogP contribution in [0.15, 0.2) is 0 Å². The van der Waals surface area contributed by atoms with Crippen molar-refractivity contribution in [2.24, 2.45) is 0 Å². The molecule has 5 heteroatoms. The smallest absolute Gasteiger partial charge is 0.381 e. The maximum absolute atomic E-state index is 11.1. The highest BCUT2D eigenvalue weighted by Crippen LogP contribution is 2.06. The van der Waals surface area contributed by atoms with Crippen LogP contribution in [-0.2, 0) is 19.1 Å². The summed E-state index contributed by atoms with van der Waals surface area (Å²) in [5, 5.41) is 2.86. The molecule has 0 unspecified atom stereocenters. The van der Waals surface area contributed by atoms with E-state index in [1.165, 1.54) is 0 Å². The van der Waals surface area contributed by atoms with E-state index in [-0.39, 0.29) is 0 Å². The lowest BCUT2D eigenvalue weighted by molar-refractivity contribution is -0.164. The largest absolute Gasteiger partial charge is 0.386 e. The van der Waals surface area contributed by atoms with Crippen LogP contribution in [0.5, 0.6) is 0 Å². The average Bonchev–Trinajstić information content (AvgIpc) is 2.55. The molecular formula is C8H11NO4. The summed E-state index contributed by atoms with van der Waals surface area (Å²) >= 11 is 0. The van der Waals surface area contributed by atoms with Gasteiger partial charge in [0.15, 0.2) is 0 Å². The molecule has 1 rings (SSSR count). The first-order valence-corrected chi connectivity index (χ1v) is 4.11. The van der Waals surface area contributed by atoms with Crippen LogP contribution in [0.1, 0.15) is 19.8 Å². The zero-order valence-electron chi connectivity index (χ0n) is 7.33. The summed E-state index contributed by atoms with van der Waals surface area (Å²) in [5.41, 5.74) is 0. The molecule has 0 spiro atoms. The van der Waals surface area contributed by atoms with E-state index >= 15 is 0 Å². The van der Waals surface area contributed by atoms with Gasteiger partial charge in [0.2, 0.25) is 5.78 Å². The summed E-state index contributed by atoms with van der Waals surface area (Å²) in [7, 11) is 0. The Morgan fingerprint density at radius 3 is 2.54 bits per heavy atom. The Hall–Kier alpha value is -1.23. The number of rotatable bonds is 2. The number of ether oxygens (including phenoxy) is 1. The van der Waals surface area contributed by atoms with Gasteiger partial charge in [-0.25, -0.2) is 9.59 Å². The van der Waals surface area contributed by atoms with Crippen molar-refractivity contribution < 1.29 is 19.1 Å². The third kappa shape index (κ3) is 2.62. The Kier molecular flexibility index (Phi) is 3.13. The molecule has 0 aromatic rings. The van der Waals surface area contributed by atoms with Crippen LogP contribution in [-0.4, -0.2) is 30.3 Å². The van der Waals surface area contributed by atoms with Crippen LogP contribution >= 0.6 is 0 Å². The number of nitrogens with one attached hydrogen (secondary N) is 1. The van der Waals surface area contributed by atoms with Crippen molar-refractivity contribution in [2.75, 3.05) is 6.54 Å². The van der Waals surface area contributed by atoms with Crippen molar-refractivity contribution in [3.8, 4) is 0 Å². The molecule has 1 saturated heterocycles. The van der Waals surface area contributed by atoms with Crippen LogP contribution in [0.2, 0.25) is 0 Å². The van der Waals surface area contributed by atoms with Gasteiger partial charge >= 0.3 is 11.9 Å². The number of hydrogen-bond donors (Lipinski definition) is 1. The summed E-state index contributed by atoms with van der Waals surface area (Å²) in [6, 6.07) is -0.428. The number of carbonyl (C=O) groups excluding carboxylic acids is 3. The third-order valence-corrected chi connectivity index (χ3v) is 1.83. The van der Waals surface area contributed by atoms with E-state index in [1.807, 2.05) is 0 Å². The molecule has 13 heavy (non-hydrogen) atoms. The van der Waals surface area contributed by atoms with Gasteiger partial charge in [-0.3, -0.25) is 4.79 Å². The quantitative estimate of drug-likeness (QED) is 0.353. The van der Waals surface area contributed by atoms with Crippen LogP contribution in [0.4, 0.5) is 0 Å². The molecule has 0 aliphatic carbocycles. The standard InChI is InChI=1S/C8H11NO4/c1-5(10)7(11)13-8(12)6-3-2-4-9-6/h6,9H,2-4H2,1H3/t6-/m0/s1. The number of ketones is 1. The van der Waals surface area contributed by atoms with Gasteiger partial charge in [0.05, 0.1) is 0 Å². The highest BCUT2D eigenvalue weighted by molar-refractivity contribution is 6.34. The topological polar surface area (TPSA) is 72.5 Å². The number of carbonyl (C=O) groups is 3. The van der Waals surface area contributed by atoms with Crippen LogP contribution < -0.4 is 5.32 Å². The lowest BCUT2D eigenvalue weighted by Crippen LogP contribution is -2.35. The third-order valence-electron chi connectivity index (χ3n) is 1.83. The number of Topliss-reactive ketones (excluding diaryl/α,β-unsaturated/α-hetero) is 1. The summed E-state index contributed by atoms with van der Waals surface area (Å²) in [5.74, 6) is -2.50. The van der Waals surface area contributed by atoms with Crippen LogP contribution in [0, 0.1) is 0 Å². The predicted molar refractivity (Wildman–Crippen MR) is 42.8 cm³/mol. The normalized spacial score (nSPS) is 21.2. The SMILES string of the molecule is CC(=O)C(=O)OC(=O)[C@@H]1CCCN1. The molecular weight excluding hydrogens is 174 g/mol. The van der Waals surface area contributed by atoms with Crippen molar-refractivity contribution in [3.05, 3.63) is 0 Å². The molecule has 1 fully saturated rings. The molecule has 5 nitrogen and oxygen atoms in total. The first-order valence-electron chi connectivity index (χ1n) is 4.11. The number of hydrogen-bond acceptors (Lipinski definition) is 5. The molecule has 1 aliphatic rings. The lowest BCUT2D eigenvalue weighted by atomic mass is 10.2. The van der Waals surface area contributed by atoms with E-state index in [0.717, 1.165) is 19.9 Å². The van der Waals surface area contributed by atoms with E-state index < -0.39 is 23.8 Å². The Bertz CT molecular complexity index is 243. The van der Waals surface area contributed by atoms with E-state index in [0.29, 0.717) is 6.42 Å². The summed E-state index contributed by atoms with van der Waals surface area (Å²) < 4.78 is 4.31. The molecule has 0 amide bonds. The van der Waals surface area contributed by atoms with E-state index in [1.54, 1.807) is 0 Å². The molecule has 0 aromatic carbocycles. The second-order valence-electron chi connectivity index (χ2n) is 2.91. The molecule has 0 bridgehead atoms. The minimum absolute atomic E-state index is 0.428. The lowest BCUT2D eigenvalue weighted by Gasteiger charge is -2.06. The molecule has 1 N–H and O–H groups in total. The fourth-order valence-corrected chi connectivity index (χ4v) is 1.12. The van der Waals surface area contributed by atoms with Gasteiger partial charge in [-0.05, 0) is 19.4 Å². The van der Waals surface area contributed by atoms with E-state index in [2.05, 4.69) is 10.1 Å². The fraction of sp³-hybridized carbons (Fsp3) is 0.625. The van der Waals surface area contributed by atoms with Gasteiger partial charge in [0.1, 0.15) is 6.04 Å². The minimum atomic E-state index is -1.08. The highest BCUT2D eigenvalue weighted by Gasteiger charge is 2.26. The Balaban J connectivity index is 2.40. The Morgan fingerprint density at radius 1 is 1.38 bits per heavy atom. The van der Waals surface area contributed by atoms with Crippen molar-refractivity contribution in [1.82, 2.24) is 5.32 Å². The van der Waals surface area contributed by atoms with E-state index in [4.69, 9.17) is 0 Å². The summed E-state index contributed by atoms with van der Waals surface area (Å²) in [4.78, 5) is 32.2. The van der Waals surface area contributed by atoms with Gasteiger partial charge < -0.3 is 10.1 Å². The van der Waals surface area contributed by atoms with Crippen LogP contribution in [0.3, 0.4) is 0 Å². The first kappa shape index (κ1) is 9.85. The second-order valence-corrected chi connectivity index (χ2v) is 2.91. The monoisotopic (exact) mass is 185 g/mol. The van der Waals surface area contributed by atoms with Gasteiger partial charge in [0, 0.05) is 6.92 Å². The maximum Gasteiger partial charge on any atom is 0.381 e. The predicted octanol–water partition coefficient (Wildman–Crippen LogP) is -0.603. The first-order chi connectivity index (χ1) is 6.11. The van der Waals surface area contributed by atoms with E-state index in [9.17, 15) is 14.4 Å². The highest BCUT2D eigenvalue weighted by atomic mass is 16.6. The molecule has 1 heterocycles. The van der Waals surface area contributed by atoms with Gasteiger partial charge in [0.25, 0.3) is 0 Å². The second kappa shape index (κ2) is 4.13. The average molecular weight is 185 g/mol. The minimum Gasteiger partial charge on any atom is -0.386 e. The van der Waals surface area contributed by atoms with Crippen molar-refractivity contribution in [1.29, 1.82) is 0 Å². The molecule has 72 valence electrons. The fourth-order valence-electron chi connectivity index (χ4n) is 1.12. The number of esters is 2. The van der Waals surface area contributed by atoms with Gasteiger partial charge in [-0.15, -0.1) is 0 Å². The Labute approximate surface area is 75.4 Å². The summed E-state index contributed by atoms with van der Waals surface area (Å²) in [6.45, 7) is 1.81. The molecule has 0 aromatic heterocycles. The van der Waals surface area contributed by atoms with Gasteiger partial charge in [-0.2, -0.15) is 0 Å². The molecule has 0 radical (unpaired) electrons. The zero-order valence-corrected chi connectivity index (χ0v) is 7.33. The van der Waals surface area contributed by atoms with Crippen LogP contribution in [0.25, 0.3) is 0 Å². The van der Waals surface area contributed by atoms with Gasteiger partial charge in [-0.1, -0.05) is 0 Å². The van der Waals surface area contributed by atoms with Crippen molar-refractivity contribution in [2.45, 2.75) is 25.8 Å².